The lowest BCUT2D eigenvalue weighted by atomic mass is 9.94. The van der Waals surface area contributed by atoms with Gasteiger partial charge in [0.1, 0.15) is 5.75 Å². The molecule has 0 aliphatic heterocycles. The van der Waals surface area contributed by atoms with E-state index in [1.54, 1.807) is 18.4 Å². The number of methoxy groups -OCH3 is 1. The Morgan fingerprint density at radius 3 is 2.67 bits per heavy atom. The van der Waals surface area contributed by atoms with Crippen molar-refractivity contribution in [3.8, 4) is 5.75 Å². The van der Waals surface area contributed by atoms with Gasteiger partial charge >= 0.3 is 0 Å². The lowest BCUT2D eigenvalue weighted by Gasteiger charge is -2.20. The van der Waals surface area contributed by atoms with E-state index in [1.165, 1.54) is 0 Å². The van der Waals surface area contributed by atoms with E-state index in [0.29, 0.717) is 0 Å². The average molecular weight is 326 g/mol. The van der Waals surface area contributed by atoms with Crippen LogP contribution in [0.4, 0.5) is 0 Å². The van der Waals surface area contributed by atoms with Crippen molar-refractivity contribution in [3.05, 3.63) is 49.6 Å². The van der Waals surface area contributed by atoms with E-state index in [4.69, 9.17) is 10.5 Å². The third-order valence-corrected chi connectivity index (χ3v) is 4.65. The van der Waals surface area contributed by atoms with Crippen molar-refractivity contribution in [2.24, 2.45) is 5.73 Å². The Bertz CT molecular complexity index is 551. The second kappa shape index (κ2) is 5.43. The third kappa shape index (κ3) is 2.32. The predicted molar refractivity (Wildman–Crippen MR) is 80.5 cm³/mol. The molecule has 4 heteroatoms. The fourth-order valence-corrected chi connectivity index (χ4v) is 3.39. The molecule has 0 radical (unpaired) electrons. The van der Waals surface area contributed by atoms with Gasteiger partial charge in [-0.15, -0.1) is 0 Å². The summed E-state index contributed by atoms with van der Waals surface area (Å²) in [6.07, 6.45) is 0. The number of hydrogen-bond acceptors (Lipinski definition) is 3. The predicted octanol–water partition coefficient (Wildman–Crippen LogP) is 4.18. The summed E-state index contributed by atoms with van der Waals surface area (Å²) < 4.78 is 6.60. The van der Waals surface area contributed by atoms with Crippen molar-refractivity contribution in [3.63, 3.8) is 0 Å². The van der Waals surface area contributed by atoms with Crippen LogP contribution in [0, 0.1) is 13.8 Å². The second-order valence-corrected chi connectivity index (χ2v) is 5.92. The molecule has 1 atom stereocenters. The number of rotatable bonds is 3. The Kier molecular flexibility index (Phi) is 4.10. The minimum atomic E-state index is -0.151. The first-order chi connectivity index (χ1) is 8.56. The molecule has 2 aromatic rings. The highest BCUT2D eigenvalue weighted by Gasteiger charge is 2.20. The Labute approximate surface area is 120 Å². The van der Waals surface area contributed by atoms with Crippen molar-refractivity contribution < 1.29 is 4.74 Å². The molecule has 1 aromatic carbocycles. The molecule has 96 valence electrons. The lowest BCUT2D eigenvalue weighted by Crippen LogP contribution is -2.14. The average Bonchev–Trinajstić information content (AvgIpc) is 2.86. The van der Waals surface area contributed by atoms with Crippen molar-refractivity contribution in [2.75, 3.05) is 7.11 Å². The van der Waals surface area contributed by atoms with Gasteiger partial charge in [0.25, 0.3) is 0 Å². The van der Waals surface area contributed by atoms with E-state index in [0.717, 1.165) is 32.5 Å². The zero-order valence-corrected chi connectivity index (χ0v) is 13.1. The van der Waals surface area contributed by atoms with Crippen LogP contribution in [0.5, 0.6) is 5.75 Å². The van der Waals surface area contributed by atoms with E-state index in [9.17, 15) is 0 Å². The first kappa shape index (κ1) is 13.6. The molecule has 2 N–H and O–H groups in total. The summed E-state index contributed by atoms with van der Waals surface area (Å²) >= 11 is 5.24. The normalized spacial score (nSPS) is 12.5. The fourth-order valence-electron chi connectivity index (χ4n) is 2.14. The molecule has 1 heterocycles. The van der Waals surface area contributed by atoms with Crippen molar-refractivity contribution >= 4 is 27.3 Å². The van der Waals surface area contributed by atoms with E-state index in [-0.39, 0.29) is 6.04 Å². The van der Waals surface area contributed by atoms with Gasteiger partial charge in [-0.1, -0.05) is 15.9 Å². The van der Waals surface area contributed by atoms with Crippen LogP contribution in [0.25, 0.3) is 0 Å². The van der Waals surface area contributed by atoms with Crippen molar-refractivity contribution in [1.82, 2.24) is 0 Å². The van der Waals surface area contributed by atoms with Gasteiger partial charge in [-0.3, -0.25) is 0 Å². The van der Waals surface area contributed by atoms with Crippen LogP contribution in [0.2, 0.25) is 0 Å². The molecule has 0 bridgehead atoms. The lowest BCUT2D eigenvalue weighted by molar-refractivity contribution is 0.404. The van der Waals surface area contributed by atoms with Crippen LogP contribution in [-0.2, 0) is 0 Å². The van der Waals surface area contributed by atoms with Crippen LogP contribution in [0.15, 0.2) is 27.4 Å². The summed E-state index contributed by atoms with van der Waals surface area (Å²) in [5.41, 5.74) is 10.8. The van der Waals surface area contributed by atoms with E-state index in [2.05, 4.69) is 40.4 Å². The Balaban J connectivity index is 2.62. The number of nitrogens with two attached hydrogens (primary N) is 1. The van der Waals surface area contributed by atoms with E-state index < -0.39 is 0 Å². The molecule has 0 aliphatic rings. The zero-order chi connectivity index (χ0) is 13.3. The quantitative estimate of drug-likeness (QED) is 0.918. The van der Waals surface area contributed by atoms with Crippen LogP contribution in [-0.4, -0.2) is 7.11 Å². The number of benzene rings is 1. The summed E-state index contributed by atoms with van der Waals surface area (Å²) in [5, 5.41) is 4.13. The van der Waals surface area contributed by atoms with E-state index in [1.807, 2.05) is 12.3 Å². The summed E-state index contributed by atoms with van der Waals surface area (Å²) in [6.45, 7) is 4.10. The van der Waals surface area contributed by atoms with Gasteiger partial charge in [-0.25, -0.2) is 0 Å². The second-order valence-electron chi connectivity index (χ2n) is 4.28. The highest BCUT2D eigenvalue weighted by atomic mass is 79.9. The minimum absolute atomic E-state index is 0.151. The Morgan fingerprint density at radius 1 is 1.39 bits per heavy atom. The maximum Gasteiger partial charge on any atom is 0.127 e. The number of ether oxygens (including phenoxy) is 1. The third-order valence-electron chi connectivity index (χ3n) is 3.13. The molecule has 2 rings (SSSR count). The molecule has 0 amide bonds. The smallest absolute Gasteiger partial charge is 0.127 e. The molecule has 0 saturated heterocycles. The molecule has 18 heavy (non-hydrogen) atoms. The van der Waals surface area contributed by atoms with Gasteiger partial charge < -0.3 is 10.5 Å². The molecular formula is C14H16BrNOS. The molecule has 0 fully saturated rings. The molecule has 1 unspecified atom stereocenters. The summed E-state index contributed by atoms with van der Waals surface area (Å²) in [4.78, 5) is 0. The number of hydrogen-bond donors (Lipinski definition) is 1. The van der Waals surface area contributed by atoms with Crippen LogP contribution >= 0.6 is 27.3 Å². The molecule has 1 aromatic heterocycles. The summed E-state index contributed by atoms with van der Waals surface area (Å²) in [7, 11) is 1.69. The van der Waals surface area contributed by atoms with Gasteiger partial charge in [-0.2, -0.15) is 11.3 Å². The highest BCUT2D eigenvalue weighted by molar-refractivity contribution is 9.10. The molecule has 0 aliphatic carbocycles. The number of thiophene rings is 1. The maximum atomic E-state index is 6.38. The van der Waals surface area contributed by atoms with Gasteiger partial charge in [0.15, 0.2) is 0 Å². The molecular weight excluding hydrogens is 310 g/mol. The Morgan fingerprint density at radius 2 is 2.11 bits per heavy atom. The molecule has 0 spiro atoms. The van der Waals surface area contributed by atoms with Crippen molar-refractivity contribution in [1.29, 1.82) is 0 Å². The van der Waals surface area contributed by atoms with Crippen LogP contribution < -0.4 is 10.5 Å². The van der Waals surface area contributed by atoms with E-state index >= 15 is 0 Å². The molecule has 0 saturated carbocycles. The number of halogens is 1. The van der Waals surface area contributed by atoms with Gasteiger partial charge in [0, 0.05) is 10.0 Å². The van der Waals surface area contributed by atoms with Crippen LogP contribution in [0.3, 0.4) is 0 Å². The van der Waals surface area contributed by atoms with Gasteiger partial charge in [0.05, 0.1) is 13.2 Å². The SMILES string of the molecule is COc1c(C)cc(Br)c(C)c1C(N)c1ccsc1. The standard InChI is InChI=1S/C14H16BrNOS/c1-8-6-11(15)9(2)12(14(8)17-3)13(16)10-4-5-18-7-10/h4-7,13H,16H2,1-3H3. The topological polar surface area (TPSA) is 35.2 Å². The monoisotopic (exact) mass is 325 g/mol. The highest BCUT2D eigenvalue weighted by Crippen LogP contribution is 2.38. The largest absolute Gasteiger partial charge is 0.496 e. The summed E-state index contributed by atoms with van der Waals surface area (Å²) in [6, 6.07) is 3.98. The molecule has 2 nitrogen and oxygen atoms in total. The minimum Gasteiger partial charge on any atom is -0.496 e. The fraction of sp³-hybridized carbons (Fsp3) is 0.286. The van der Waals surface area contributed by atoms with Crippen LogP contribution in [0.1, 0.15) is 28.3 Å². The summed E-state index contributed by atoms with van der Waals surface area (Å²) in [5.74, 6) is 0.884. The zero-order valence-electron chi connectivity index (χ0n) is 10.7. The Hall–Kier alpha value is -0.840. The number of aryl methyl sites for hydroxylation is 1. The first-order valence-corrected chi connectivity index (χ1v) is 7.41. The van der Waals surface area contributed by atoms with Crippen molar-refractivity contribution in [2.45, 2.75) is 19.9 Å². The first-order valence-electron chi connectivity index (χ1n) is 5.67. The maximum absolute atomic E-state index is 6.38. The van der Waals surface area contributed by atoms with Gasteiger partial charge in [-0.05, 0) is 53.4 Å². The van der Waals surface area contributed by atoms with Gasteiger partial charge in [0.2, 0.25) is 0 Å².